The number of halogens is 1. The van der Waals surface area contributed by atoms with Crippen molar-refractivity contribution in [1.29, 1.82) is 0 Å². The molecule has 6 heteroatoms. The second kappa shape index (κ2) is 6.23. The summed E-state index contributed by atoms with van der Waals surface area (Å²) < 4.78 is 7.17. The average Bonchev–Trinajstić information content (AvgIpc) is 3.13. The summed E-state index contributed by atoms with van der Waals surface area (Å²) in [6.07, 6.45) is 4.82. The maximum Gasteiger partial charge on any atom is 0.340 e. The third kappa shape index (κ3) is 2.82. The van der Waals surface area contributed by atoms with Crippen LogP contribution in [0.5, 0.6) is 0 Å². The molecule has 0 saturated carbocycles. The molecular formula is C19H20ClN3O2. The molecule has 0 amide bonds. The molecule has 1 atom stereocenters. The van der Waals surface area contributed by atoms with E-state index in [1.165, 1.54) is 17.7 Å². The van der Waals surface area contributed by atoms with Crippen LogP contribution in [0.4, 0.5) is 0 Å². The molecule has 0 radical (unpaired) electrons. The number of carbonyl (C=O) groups excluding carboxylic acids is 1. The van der Waals surface area contributed by atoms with Crippen molar-refractivity contribution in [2.45, 2.75) is 32.8 Å². The second-order valence-electron chi connectivity index (χ2n) is 6.79. The minimum atomic E-state index is -0.351. The van der Waals surface area contributed by atoms with E-state index in [9.17, 15) is 4.79 Å². The molecule has 25 heavy (non-hydrogen) atoms. The van der Waals surface area contributed by atoms with Gasteiger partial charge in [0, 0.05) is 18.1 Å². The average molecular weight is 358 g/mol. The van der Waals surface area contributed by atoms with Crippen molar-refractivity contribution >= 4 is 28.5 Å². The van der Waals surface area contributed by atoms with E-state index < -0.39 is 0 Å². The van der Waals surface area contributed by atoms with Crippen LogP contribution in [0.3, 0.4) is 0 Å². The molecule has 0 saturated heterocycles. The number of aryl methyl sites for hydroxylation is 1. The fourth-order valence-corrected chi connectivity index (χ4v) is 3.70. The molecule has 1 aromatic carbocycles. The van der Waals surface area contributed by atoms with Crippen LogP contribution in [0.2, 0.25) is 5.15 Å². The third-order valence-corrected chi connectivity index (χ3v) is 5.40. The van der Waals surface area contributed by atoms with Gasteiger partial charge in [0.15, 0.2) is 0 Å². The highest BCUT2D eigenvalue weighted by Gasteiger charge is 2.23. The van der Waals surface area contributed by atoms with Gasteiger partial charge in [0.1, 0.15) is 17.6 Å². The first-order valence-corrected chi connectivity index (χ1v) is 8.88. The quantitative estimate of drug-likeness (QED) is 0.720. The van der Waals surface area contributed by atoms with Crippen molar-refractivity contribution in [3.05, 3.63) is 52.2 Å². The van der Waals surface area contributed by atoms with E-state index in [1.807, 2.05) is 6.07 Å². The Morgan fingerprint density at radius 1 is 1.48 bits per heavy atom. The van der Waals surface area contributed by atoms with Gasteiger partial charge in [0.2, 0.25) is 0 Å². The Morgan fingerprint density at radius 2 is 2.32 bits per heavy atom. The molecule has 5 nitrogen and oxygen atoms in total. The number of aromatic amines is 1. The number of rotatable bonds is 3. The molecule has 0 unspecified atom stereocenters. The van der Waals surface area contributed by atoms with E-state index in [1.54, 1.807) is 23.9 Å². The normalized spacial score (nSPS) is 16.8. The maximum atomic E-state index is 12.6. The summed E-state index contributed by atoms with van der Waals surface area (Å²) in [6, 6.07) is 5.81. The number of hydrogen-bond donors (Lipinski definition) is 1. The Morgan fingerprint density at radius 3 is 3.08 bits per heavy atom. The molecule has 0 bridgehead atoms. The van der Waals surface area contributed by atoms with Gasteiger partial charge in [-0.05, 0) is 36.8 Å². The predicted molar refractivity (Wildman–Crippen MR) is 96.8 cm³/mol. The number of H-pyrrole nitrogens is 1. The number of ether oxygens (including phenoxy) is 1. The first-order chi connectivity index (χ1) is 12.0. The van der Waals surface area contributed by atoms with Gasteiger partial charge in [-0.1, -0.05) is 30.7 Å². The molecule has 2 heterocycles. The van der Waals surface area contributed by atoms with Crippen molar-refractivity contribution in [3.8, 4) is 0 Å². The largest absolute Gasteiger partial charge is 0.454 e. The zero-order valence-electron chi connectivity index (χ0n) is 14.3. The number of imidazole rings is 1. The minimum absolute atomic E-state index is 0.0932. The summed E-state index contributed by atoms with van der Waals surface area (Å²) in [5.74, 6) is 0.941. The molecule has 1 aliphatic carbocycles. The van der Waals surface area contributed by atoms with E-state index in [4.69, 9.17) is 16.3 Å². The fraction of sp³-hybridized carbons (Fsp3) is 0.368. The lowest BCUT2D eigenvalue weighted by Crippen LogP contribution is -2.09. The summed E-state index contributed by atoms with van der Waals surface area (Å²) in [5.41, 5.74) is 4.05. The Kier molecular flexibility index (Phi) is 4.04. The Balaban J connectivity index is 1.62. The minimum Gasteiger partial charge on any atom is -0.454 e. The molecule has 3 aromatic rings. The fourth-order valence-electron chi connectivity index (χ4n) is 3.55. The summed E-state index contributed by atoms with van der Waals surface area (Å²) in [7, 11) is 1.79. The topological polar surface area (TPSA) is 59.9 Å². The molecule has 2 aromatic heterocycles. The highest BCUT2D eigenvalue weighted by atomic mass is 35.5. The molecule has 0 aliphatic heterocycles. The van der Waals surface area contributed by atoms with E-state index >= 15 is 0 Å². The number of carbonyl (C=O) groups is 1. The van der Waals surface area contributed by atoms with Crippen LogP contribution in [0, 0.1) is 5.92 Å². The predicted octanol–water partition coefficient (Wildman–Crippen LogP) is 4.04. The zero-order chi connectivity index (χ0) is 17.6. The van der Waals surface area contributed by atoms with Gasteiger partial charge in [0.25, 0.3) is 0 Å². The number of benzene rings is 1. The lowest BCUT2D eigenvalue weighted by atomic mass is 9.87. The highest BCUT2D eigenvalue weighted by Crippen LogP contribution is 2.33. The van der Waals surface area contributed by atoms with E-state index in [0.717, 1.165) is 23.7 Å². The molecular weight excluding hydrogens is 338 g/mol. The zero-order valence-corrected chi connectivity index (χ0v) is 15.1. The molecule has 0 spiro atoms. The van der Waals surface area contributed by atoms with Crippen molar-refractivity contribution in [3.63, 3.8) is 0 Å². The van der Waals surface area contributed by atoms with Gasteiger partial charge in [-0.15, -0.1) is 0 Å². The monoisotopic (exact) mass is 357 g/mol. The van der Waals surface area contributed by atoms with Gasteiger partial charge in [-0.25, -0.2) is 9.78 Å². The van der Waals surface area contributed by atoms with Crippen molar-refractivity contribution < 1.29 is 9.53 Å². The van der Waals surface area contributed by atoms with Crippen molar-refractivity contribution in [1.82, 2.24) is 14.5 Å². The molecule has 1 N–H and O–H groups in total. The number of esters is 1. The Bertz CT molecular complexity index is 957. The van der Waals surface area contributed by atoms with Gasteiger partial charge >= 0.3 is 5.97 Å². The Labute approximate surface area is 151 Å². The van der Waals surface area contributed by atoms with Crippen LogP contribution in [-0.4, -0.2) is 20.5 Å². The van der Waals surface area contributed by atoms with E-state index in [0.29, 0.717) is 22.5 Å². The highest BCUT2D eigenvalue weighted by molar-refractivity contribution is 6.29. The summed E-state index contributed by atoms with van der Waals surface area (Å²) >= 11 is 5.96. The number of hydrogen-bond acceptors (Lipinski definition) is 3. The second-order valence-corrected chi connectivity index (χ2v) is 7.18. The molecule has 130 valence electrons. The van der Waals surface area contributed by atoms with Crippen molar-refractivity contribution in [2.24, 2.45) is 13.0 Å². The third-order valence-electron chi connectivity index (χ3n) is 5.05. The standard InChI is InChI=1S/C19H20ClN3O2/c1-11-6-7-15-14(8-11)12-4-3-5-13(18(12)22-15)19(24)25-10-17-21-9-16(20)23(17)2/h3-5,9,11,22H,6-8,10H2,1-2H3/t11-/m0/s1. The van der Waals surface area contributed by atoms with Gasteiger partial charge in [-0.3, -0.25) is 0 Å². The van der Waals surface area contributed by atoms with Crippen LogP contribution >= 0.6 is 11.6 Å². The summed E-state index contributed by atoms with van der Waals surface area (Å²) in [6.45, 7) is 2.37. The van der Waals surface area contributed by atoms with Crippen molar-refractivity contribution in [2.75, 3.05) is 0 Å². The van der Waals surface area contributed by atoms with E-state index in [-0.39, 0.29) is 12.6 Å². The van der Waals surface area contributed by atoms with Crippen LogP contribution in [0.15, 0.2) is 24.4 Å². The molecule has 4 rings (SSSR count). The summed E-state index contributed by atoms with van der Waals surface area (Å²) in [5, 5.41) is 1.65. The van der Waals surface area contributed by atoms with Crippen LogP contribution in [0.25, 0.3) is 10.9 Å². The smallest absolute Gasteiger partial charge is 0.340 e. The van der Waals surface area contributed by atoms with Gasteiger partial charge < -0.3 is 14.3 Å². The maximum absolute atomic E-state index is 12.6. The number of aromatic nitrogens is 3. The molecule has 0 fully saturated rings. The van der Waals surface area contributed by atoms with Crippen LogP contribution < -0.4 is 0 Å². The Hall–Kier alpha value is -2.27. The lowest BCUT2D eigenvalue weighted by Gasteiger charge is -2.17. The van der Waals surface area contributed by atoms with Gasteiger partial charge in [0.05, 0.1) is 17.3 Å². The summed E-state index contributed by atoms with van der Waals surface area (Å²) in [4.78, 5) is 20.2. The van der Waals surface area contributed by atoms with Gasteiger partial charge in [-0.2, -0.15) is 0 Å². The number of para-hydroxylation sites is 1. The SMILES string of the molecule is C[C@H]1CCc2[nH]c3c(C(=O)OCc4ncc(Cl)n4C)cccc3c2C1. The lowest BCUT2D eigenvalue weighted by molar-refractivity contribution is 0.0461. The van der Waals surface area contributed by atoms with E-state index in [2.05, 4.69) is 23.0 Å². The van der Waals surface area contributed by atoms with Crippen LogP contribution in [0.1, 0.15) is 40.8 Å². The number of nitrogens with one attached hydrogen (secondary N) is 1. The van der Waals surface area contributed by atoms with Crippen LogP contribution in [-0.2, 0) is 31.2 Å². The number of fused-ring (bicyclic) bond motifs is 3. The first-order valence-electron chi connectivity index (χ1n) is 8.50. The molecule has 1 aliphatic rings. The first kappa shape index (κ1) is 16.2. The number of nitrogens with zero attached hydrogens (tertiary/aromatic N) is 2.